The Bertz CT molecular complexity index is 528. The first-order valence-electron chi connectivity index (χ1n) is 8.31. The monoisotopic (exact) mass is 323 g/mol. The van der Waals surface area contributed by atoms with Gasteiger partial charge in [-0.15, -0.1) is 0 Å². The molecule has 0 N–H and O–H groups in total. The number of pyridine rings is 1. The van der Waals surface area contributed by atoms with Crippen LogP contribution < -0.4 is 0 Å². The molecule has 126 valence electrons. The van der Waals surface area contributed by atoms with Crippen molar-refractivity contribution in [3.8, 4) is 0 Å². The van der Waals surface area contributed by atoms with Crippen LogP contribution >= 0.6 is 0 Å². The topological polar surface area (TPSA) is 36.4 Å². The van der Waals surface area contributed by atoms with Crippen LogP contribution in [-0.4, -0.2) is 52.8 Å². The number of rotatable bonds is 3. The van der Waals surface area contributed by atoms with Crippen molar-refractivity contribution in [2.45, 2.75) is 38.2 Å². The average Bonchev–Trinajstić information content (AvgIpc) is 2.55. The normalized spacial score (nSPS) is 25.3. The van der Waals surface area contributed by atoms with Crippen molar-refractivity contribution >= 4 is 5.91 Å². The van der Waals surface area contributed by atoms with E-state index in [2.05, 4.69) is 9.88 Å². The van der Waals surface area contributed by atoms with Crippen LogP contribution in [0.15, 0.2) is 24.5 Å². The van der Waals surface area contributed by atoms with E-state index >= 15 is 0 Å². The van der Waals surface area contributed by atoms with Crippen LogP contribution in [0.5, 0.6) is 0 Å². The summed E-state index contributed by atoms with van der Waals surface area (Å²) >= 11 is 0. The van der Waals surface area contributed by atoms with E-state index in [4.69, 9.17) is 0 Å². The lowest BCUT2D eigenvalue weighted by Crippen LogP contribution is -2.48. The molecular formula is C17H23F2N3O. The fourth-order valence-corrected chi connectivity index (χ4v) is 3.46. The number of hydrogen-bond acceptors (Lipinski definition) is 3. The molecule has 1 aromatic rings. The number of amides is 1. The van der Waals surface area contributed by atoms with Crippen molar-refractivity contribution in [3.05, 3.63) is 30.1 Å². The molecule has 0 aliphatic carbocycles. The van der Waals surface area contributed by atoms with Gasteiger partial charge in [-0.3, -0.25) is 14.7 Å². The Labute approximate surface area is 135 Å². The van der Waals surface area contributed by atoms with Gasteiger partial charge in [-0.05, 0) is 31.0 Å². The number of hydrogen-bond donors (Lipinski definition) is 0. The largest absolute Gasteiger partial charge is 0.342 e. The maximum atomic E-state index is 13.2. The summed E-state index contributed by atoms with van der Waals surface area (Å²) in [7, 11) is 0. The molecule has 2 aliphatic rings. The number of likely N-dealkylation sites (tertiary alicyclic amines) is 2. The van der Waals surface area contributed by atoms with Crippen LogP contribution in [-0.2, 0) is 11.3 Å². The summed E-state index contributed by atoms with van der Waals surface area (Å²) in [6.07, 6.45) is 5.02. The number of nitrogens with zero attached hydrogens (tertiary/aromatic N) is 3. The summed E-state index contributed by atoms with van der Waals surface area (Å²) in [5, 5.41) is 0. The quantitative estimate of drug-likeness (QED) is 0.858. The molecule has 2 saturated heterocycles. The van der Waals surface area contributed by atoms with E-state index in [1.807, 2.05) is 18.3 Å². The smallest absolute Gasteiger partial charge is 0.251 e. The zero-order valence-electron chi connectivity index (χ0n) is 13.3. The number of carbonyl (C=O) groups excluding carboxylic acids is 1. The molecule has 0 radical (unpaired) electrons. The molecule has 2 fully saturated rings. The lowest BCUT2D eigenvalue weighted by molar-refractivity contribution is -0.143. The Balaban J connectivity index is 1.55. The van der Waals surface area contributed by atoms with E-state index in [0.717, 1.165) is 31.5 Å². The summed E-state index contributed by atoms with van der Waals surface area (Å²) in [6, 6.07) is 3.95. The fourth-order valence-electron chi connectivity index (χ4n) is 3.46. The van der Waals surface area contributed by atoms with Crippen LogP contribution in [0.25, 0.3) is 0 Å². The Morgan fingerprint density at radius 3 is 2.78 bits per heavy atom. The highest BCUT2D eigenvalue weighted by Gasteiger charge is 2.38. The Kier molecular flexibility index (Phi) is 4.90. The first-order chi connectivity index (χ1) is 11.0. The molecule has 0 aromatic carbocycles. The van der Waals surface area contributed by atoms with Crippen LogP contribution in [0.3, 0.4) is 0 Å². The molecule has 0 bridgehead atoms. The van der Waals surface area contributed by atoms with Crippen molar-refractivity contribution in [3.63, 3.8) is 0 Å². The van der Waals surface area contributed by atoms with E-state index < -0.39 is 5.92 Å². The molecule has 3 heterocycles. The Hall–Kier alpha value is -1.56. The number of halogens is 2. The second kappa shape index (κ2) is 6.91. The molecule has 6 heteroatoms. The van der Waals surface area contributed by atoms with E-state index in [0.29, 0.717) is 6.54 Å². The standard InChI is InChI=1S/C17H23F2N3O/c18-17(19)5-9-22(10-6-17)16(23)15-4-2-8-21(13-15)12-14-3-1-7-20-11-14/h1,3,7,11,15H,2,4-6,8-10,12-13H2. The first-order valence-corrected chi connectivity index (χ1v) is 8.31. The van der Waals surface area contributed by atoms with Gasteiger partial charge in [0.05, 0.1) is 5.92 Å². The Morgan fingerprint density at radius 2 is 2.09 bits per heavy atom. The van der Waals surface area contributed by atoms with Crippen molar-refractivity contribution < 1.29 is 13.6 Å². The highest BCUT2D eigenvalue weighted by Crippen LogP contribution is 2.29. The molecule has 0 spiro atoms. The maximum Gasteiger partial charge on any atom is 0.251 e. The van der Waals surface area contributed by atoms with Crippen molar-refractivity contribution in [2.75, 3.05) is 26.2 Å². The van der Waals surface area contributed by atoms with Crippen LogP contribution in [0.4, 0.5) is 8.78 Å². The number of aromatic nitrogens is 1. The Morgan fingerprint density at radius 1 is 1.30 bits per heavy atom. The van der Waals surface area contributed by atoms with Crippen LogP contribution in [0.2, 0.25) is 0 Å². The molecule has 1 atom stereocenters. The third kappa shape index (κ3) is 4.25. The minimum atomic E-state index is -2.60. The molecule has 23 heavy (non-hydrogen) atoms. The zero-order valence-corrected chi connectivity index (χ0v) is 13.3. The summed E-state index contributed by atoms with van der Waals surface area (Å²) in [6.45, 7) is 2.84. The van der Waals surface area contributed by atoms with Gasteiger partial charge in [0.2, 0.25) is 5.91 Å². The van der Waals surface area contributed by atoms with E-state index in [9.17, 15) is 13.6 Å². The minimum absolute atomic E-state index is 0.0522. The molecule has 3 rings (SSSR count). The highest BCUT2D eigenvalue weighted by atomic mass is 19.3. The molecule has 1 amide bonds. The van der Waals surface area contributed by atoms with Crippen LogP contribution in [0.1, 0.15) is 31.2 Å². The van der Waals surface area contributed by atoms with Gasteiger partial charge in [0.15, 0.2) is 0 Å². The van der Waals surface area contributed by atoms with Gasteiger partial charge in [-0.1, -0.05) is 6.07 Å². The summed E-state index contributed by atoms with van der Waals surface area (Å²) in [5.41, 5.74) is 1.14. The number of alkyl halides is 2. The summed E-state index contributed by atoms with van der Waals surface area (Å²) < 4.78 is 26.5. The minimum Gasteiger partial charge on any atom is -0.342 e. The molecule has 1 unspecified atom stereocenters. The average molecular weight is 323 g/mol. The summed E-state index contributed by atoms with van der Waals surface area (Å²) in [5.74, 6) is -2.61. The summed E-state index contributed by atoms with van der Waals surface area (Å²) in [4.78, 5) is 20.6. The zero-order chi connectivity index (χ0) is 16.3. The van der Waals surface area contributed by atoms with Gasteiger partial charge < -0.3 is 4.90 Å². The number of piperidine rings is 2. The van der Waals surface area contributed by atoms with Crippen molar-refractivity contribution in [1.29, 1.82) is 0 Å². The van der Waals surface area contributed by atoms with E-state index in [-0.39, 0.29) is 37.8 Å². The van der Waals surface area contributed by atoms with Gasteiger partial charge in [0, 0.05) is 51.4 Å². The van der Waals surface area contributed by atoms with Crippen LogP contribution in [0, 0.1) is 5.92 Å². The maximum absolute atomic E-state index is 13.2. The predicted octanol–water partition coefficient (Wildman–Crippen LogP) is 2.55. The van der Waals surface area contributed by atoms with Gasteiger partial charge in [0.25, 0.3) is 5.92 Å². The second-order valence-electron chi connectivity index (χ2n) is 6.62. The third-order valence-corrected chi connectivity index (χ3v) is 4.79. The molecule has 4 nitrogen and oxygen atoms in total. The highest BCUT2D eigenvalue weighted by molar-refractivity contribution is 5.79. The molecule has 2 aliphatic heterocycles. The van der Waals surface area contributed by atoms with Gasteiger partial charge in [0.1, 0.15) is 0 Å². The first kappa shape index (κ1) is 16.3. The predicted molar refractivity (Wildman–Crippen MR) is 83.0 cm³/mol. The van der Waals surface area contributed by atoms with Gasteiger partial charge >= 0.3 is 0 Å². The lowest BCUT2D eigenvalue weighted by Gasteiger charge is -2.37. The molecular weight excluding hydrogens is 300 g/mol. The number of carbonyl (C=O) groups is 1. The van der Waals surface area contributed by atoms with Gasteiger partial charge in [-0.2, -0.15) is 0 Å². The van der Waals surface area contributed by atoms with E-state index in [1.165, 1.54) is 0 Å². The second-order valence-corrected chi connectivity index (χ2v) is 6.62. The lowest BCUT2D eigenvalue weighted by atomic mass is 9.95. The van der Waals surface area contributed by atoms with Gasteiger partial charge in [-0.25, -0.2) is 8.78 Å². The molecule has 0 saturated carbocycles. The third-order valence-electron chi connectivity index (χ3n) is 4.79. The van der Waals surface area contributed by atoms with E-state index in [1.54, 1.807) is 11.1 Å². The SMILES string of the molecule is O=C(C1CCCN(Cc2cccnc2)C1)N1CCC(F)(F)CC1. The fraction of sp³-hybridized carbons (Fsp3) is 0.647. The van der Waals surface area contributed by atoms with Crippen molar-refractivity contribution in [1.82, 2.24) is 14.8 Å². The molecule has 1 aromatic heterocycles. The van der Waals surface area contributed by atoms with Crippen molar-refractivity contribution in [2.24, 2.45) is 5.92 Å².